The topological polar surface area (TPSA) is 27.7 Å². The zero-order valence-corrected chi connectivity index (χ0v) is 17.7. The third-order valence-electron chi connectivity index (χ3n) is 4.41. The van der Waals surface area contributed by atoms with Crippen molar-refractivity contribution in [3.8, 4) is 0 Å². The van der Waals surface area contributed by atoms with Crippen LogP contribution < -0.4 is 0 Å². The lowest BCUT2D eigenvalue weighted by Crippen LogP contribution is -2.55. The summed E-state index contributed by atoms with van der Waals surface area (Å²) in [6.07, 6.45) is 15.3. The lowest BCUT2D eigenvalue weighted by Gasteiger charge is -2.45. The molecule has 0 aromatic carbocycles. The molecule has 0 saturated carbocycles. The predicted molar refractivity (Wildman–Crippen MR) is 107 cm³/mol. The normalized spacial score (nSPS) is 15.1. The van der Waals surface area contributed by atoms with Crippen molar-refractivity contribution in [1.82, 2.24) is 0 Å². The molecule has 1 unspecified atom stereocenters. The maximum Gasteiger partial charge on any atom is 0.301 e. The molecule has 0 aromatic heterocycles. The van der Waals surface area contributed by atoms with Gasteiger partial charge in [0, 0.05) is 21.3 Å². The fourth-order valence-corrected chi connectivity index (χ4v) is 4.55. The van der Waals surface area contributed by atoms with Crippen LogP contribution in [0.3, 0.4) is 0 Å². The first-order chi connectivity index (χ1) is 11.6. The lowest BCUT2D eigenvalue weighted by atomic mass is 9.95. The predicted octanol–water partition coefficient (Wildman–Crippen LogP) is 6.18. The average Bonchev–Trinajstić information content (AvgIpc) is 2.62. The maximum absolute atomic E-state index is 5.77. The molecule has 0 amide bonds. The van der Waals surface area contributed by atoms with Crippen LogP contribution in [0.5, 0.6) is 0 Å². The standard InChI is InChI=1S/C20H40O3S/c1-7-10-12-13-14-15-17-19(16-11-8-2,24-18-9-3)20(21-4,22-5)23-6/h11,16H,7-10,12-15,17-18H2,1-6H3. The van der Waals surface area contributed by atoms with E-state index in [0.29, 0.717) is 0 Å². The van der Waals surface area contributed by atoms with Crippen molar-refractivity contribution in [3.05, 3.63) is 12.2 Å². The van der Waals surface area contributed by atoms with E-state index < -0.39 is 5.97 Å². The van der Waals surface area contributed by atoms with Crippen molar-refractivity contribution in [2.24, 2.45) is 0 Å². The second kappa shape index (κ2) is 14.2. The number of hydrogen-bond donors (Lipinski definition) is 0. The first-order valence-electron chi connectivity index (χ1n) is 9.59. The van der Waals surface area contributed by atoms with Crippen LogP contribution in [0, 0.1) is 0 Å². The second-order valence-electron chi connectivity index (χ2n) is 6.23. The zero-order valence-electron chi connectivity index (χ0n) is 16.9. The summed E-state index contributed by atoms with van der Waals surface area (Å²) >= 11 is 1.90. The van der Waals surface area contributed by atoms with Crippen molar-refractivity contribution in [3.63, 3.8) is 0 Å². The first kappa shape index (κ1) is 24.0. The summed E-state index contributed by atoms with van der Waals surface area (Å²) in [5.41, 5.74) is 0. The van der Waals surface area contributed by atoms with Crippen molar-refractivity contribution < 1.29 is 14.2 Å². The molecule has 1 atom stereocenters. The van der Waals surface area contributed by atoms with E-state index in [9.17, 15) is 0 Å². The minimum Gasteiger partial charge on any atom is -0.329 e. The summed E-state index contributed by atoms with van der Waals surface area (Å²) in [4.78, 5) is 0. The van der Waals surface area contributed by atoms with Gasteiger partial charge in [-0.25, -0.2) is 0 Å². The molecule has 144 valence electrons. The molecule has 4 heteroatoms. The monoisotopic (exact) mass is 360 g/mol. The molecule has 24 heavy (non-hydrogen) atoms. The van der Waals surface area contributed by atoms with Gasteiger partial charge in [-0.05, 0) is 25.0 Å². The van der Waals surface area contributed by atoms with Crippen LogP contribution in [0.25, 0.3) is 0 Å². The van der Waals surface area contributed by atoms with E-state index in [1.807, 2.05) is 11.8 Å². The minimum atomic E-state index is -1.04. The number of methoxy groups -OCH3 is 3. The molecule has 0 fully saturated rings. The Kier molecular flexibility index (Phi) is 14.2. The summed E-state index contributed by atoms with van der Waals surface area (Å²) in [5.74, 6) is 0.0175. The molecule has 0 radical (unpaired) electrons. The van der Waals surface area contributed by atoms with Crippen LogP contribution >= 0.6 is 11.8 Å². The number of thioether (sulfide) groups is 1. The third-order valence-corrected chi connectivity index (χ3v) is 6.13. The Bertz CT molecular complexity index is 308. The molecule has 3 nitrogen and oxygen atoms in total. The molecule has 0 bridgehead atoms. The van der Waals surface area contributed by atoms with Crippen LogP contribution in [-0.4, -0.2) is 37.8 Å². The summed E-state index contributed by atoms with van der Waals surface area (Å²) < 4.78 is 17.0. The fourth-order valence-electron chi connectivity index (χ4n) is 3.08. The van der Waals surface area contributed by atoms with E-state index in [1.54, 1.807) is 21.3 Å². The summed E-state index contributed by atoms with van der Waals surface area (Å²) in [5, 5.41) is 0. The lowest BCUT2D eigenvalue weighted by molar-refractivity contribution is -0.363. The molecule has 0 aliphatic carbocycles. The Morgan fingerprint density at radius 2 is 1.38 bits per heavy atom. The summed E-state index contributed by atoms with van der Waals surface area (Å²) in [7, 11) is 5.03. The highest BCUT2D eigenvalue weighted by Crippen LogP contribution is 2.45. The quantitative estimate of drug-likeness (QED) is 0.187. The van der Waals surface area contributed by atoms with E-state index >= 15 is 0 Å². The number of rotatable bonds is 16. The maximum atomic E-state index is 5.77. The Balaban J connectivity index is 5.22. The molecule has 0 aliphatic rings. The van der Waals surface area contributed by atoms with E-state index in [1.165, 1.54) is 32.1 Å². The molecular weight excluding hydrogens is 320 g/mol. The highest BCUT2D eigenvalue weighted by Gasteiger charge is 2.52. The van der Waals surface area contributed by atoms with Gasteiger partial charge in [-0.1, -0.05) is 71.4 Å². The SMILES string of the molecule is CCC=CC(CCCCCCCC)(SCCC)C(OC)(OC)OC. The van der Waals surface area contributed by atoms with E-state index in [0.717, 1.165) is 31.4 Å². The average molecular weight is 361 g/mol. The molecule has 0 aliphatic heterocycles. The Morgan fingerprint density at radius 3 is 1.88 bits per heavy atom. The van der Waals surface area contributed by atoms with Crippen LogP contribution in [-0.2, 0) is 14.2 Å². The molecular formula is C20H40O3S. The van der Waals surface area contributed by atoms with Gasteiger partial charge in [0.05, 0.1) is 0 Å². The van der Waals surface area contributed by atoms with Crippen LogP contribution in [0.4, 0.5) is 0 Å². The van der Waals surface area contributed by atoms with Crippen LogP contribution in [0.15, 0.2) is 12.2 Å². The van der Waals surface area contributed by atoms with Crippen molar-refractivity contribution in [1.29, 1.82) is 0 Å². The van der Waals surface area contributed by atoms with Crippen LogP contribution in [0.2, 0.25) is 0 Å². The highest BCUT2D eigenvalue weighted by atomic mass is 32.2. The molecule has 0 N–H and O–H groups in total. The smallest absolute Gasteiger partial charge is 0.301 e. The number of ether oxygens (including phenoxy) is 3. The van der Waals surface area contributed by atoms with Crippen molar-refractivity contribution in [2.75, 3.05) is 27.1 Å². The number of hydrogen-bond acceptors (Lipinski definition) is 4. The minimum absolute atomic E-state index is 0.317. The summed E-state index contributed by atoms with van der Waals surface area (Å²) in [6, 6.07) is 0. The van der Waals surface area contributed by atoms with Gasteiger partial charge >= 0.3 is 5.97 Å². The molecule has 0 spiro atoms. The third kappa shape index (κ3) is 7.07. The van der Waals surface area contributed by atoms with Gasteiger partial charge in [0.25, 0.3) is 0 Å². The van der Waals surface area contributed by atoms with Crippen molar-refractivity contribution >= 4 is 11.8 Å². The molecule has 0 aromatic rings. The molecule has 0 rings (SSSR count). The van der Waals surface area contributed by atoms with E-state index in [2.05, 4.69) is 32.9 Å². The molecule has 0 saturated heterocycles. The van der Waals surface area contributed by atoms with Gasteiger partial charge in [0.15, 0.2) is 0 Å². The largest absolute Gasteiger partial charge is 0.329 e. The number of allylic oxidation sites excluding steroid dienone is 1. The van der Waals surface area contributed by atoms with Gasteiger partial charge in [0.2, 0.25) is 0 Å². The Labute approximate surface area is 154 Å². The number of unbranched alkanes of at least 4 members (excludes halogenated alkanes) is 5. The van der Waals surface area contributed by atoms with Gasteiger partial charge in [0.1, 0.15) is 4.75 Å². The van der Waals surface area contributed by atoms with Gasteiger partial charge in [-0.3, -0.25) is 0 Å². The first-order valence-corrected chi connectivity index (χ1v) is 10.6. The summed E-state index contributed by atoms with van der Waals surface area (Å²) in [6.45, 7) is 6.62. The zero-order chi connectivity index (χ0) is 18.3. The van der Waals surface area contributed by atoms with Gasteiger partial charge in [-0.15, -0.1) is 11.8 Å². The van der Waals surface area contributed by atoms with E-state index in [-0.39, 0.29) is 4.75 Å². The van der Waals surface area contributed by atoms with Gasteiger partial charge in [-0.2, -0.15) is 0 Å². The van der Waals surface area contributed by atoms with Crippen molar-refractivity contribution in [2.45, 2.75) is 89.3 Å². The Hall–Kier alpha value is -0.0300. The van der Waals surface area contributed by atoms with E-state index in [4.69, 9.17) is 14.2 Å². The van der Waals surface area contributed by atoms with Crippen LogP contribution in [0.1, 0.15) is 78.6 Å². The fraction of sp³-hybridized carbons (Fsp3) is 0.900. The Morgan fingerprint density at radius 1 is 0.792 bits per heavy atom. The molecule has 0 heterocycles. The van der Waals surface area contributed by atoms with Gasteiger partial charge < -0.3 is 14.2 Å². The highest BCUT2D eigenvalue weighted by molar-refractivity contribution is 8.00. The second-order valence-corrected chi connectivity index (χ2v) is 7.66.